The molecular formula is C17H24ClFN2O. The third-order valence-corrected chi connectivity index (χ3v) is 5.00. The average molecular weight is 327 g/mol. The number of likely N-dealkylation sites (tertiary alicyclic amines) is 1. The smallest absolute Gasteiger partial charge is 0.226 e. The van der Waals surface area contributed by atoms with Gasteiger partial charge in [-0.2, -0.15) is 0 Å². The second kappa shape index (κ2) is 6.97. The number of nitrogens with two attached hydrogens (primary N) is 1. The zero-order chi connectivity index (χ0) is 15.0. The Kier molecular flexibility index (Phi) is 5.45. The lowest BCUT2D eigenvalue weighted by molar-refractivity contribution is -0.134. The maximum absolute atomic E-state index is 12.9. The van der Waals surface area contributed by atoms with Gasteiger partial charge in [-0.1, -0.05) is 12.1 Å². The van der Waals surface area contributed by atoms with Gasteiger partial charge in [0.15, 0.2) is 0 Å². The molecule has 2 aliphatic rings. The molecule has 3 unspecified atom stereocenters. The quantitative estimate of drug-likeness (QED) is 0.928. The monoisotopic (exact) mass is 326 g/mol. The molecule has 1 heterocycles. The zero-order valence-electron chi connectivity index (χ0n) is 12.9. The number of carbonyl (C=O) groups excluding carboxylic acids is 1. The maximum Gasteiger partial charge on any atom is 0.226 e. The van der Waals surface area contributed by atoms with E-state index in [1.54, 1.807) is 12.1 Å². The van der Waals surface area contributed by atoms with Crippen LogP contribution in [0.3, 0.4) is 0 Å². The van der Waals surface area contributed by atoms with E-state index < -0.39 is 0 Å². The highest BCUT2D eigenvalue weighted by Gasteiger charge is 2.46. The lowest BCUT2D eigenvalue weighted by Crippen LogP contribution is -2.43. The molecule has 3 atom stereocenters. The van der Waals surface area contributed by atoms with E-state index in [9.17, 15) is 9.18 Å². The summed E-state index contributed by atoms with van der Waals surface area (Å²) >= 11 is 0. The van der Waals surface area contributed by atoms with Gasteiger partial charge in [0.25, 0.3) is 0 Å². The minimum absolute atomic E-state index is 0. The first-order valence-corrected chi connectivity index (χ1v) is 7.86. The molecule has 2 N–H and O–H groups in total. The van der Waals surface area contributed by atoms with Gasteiger partial charge in [-0.15, -0.1) is 12.4 Å². The predicted octanol–water partition coefficient (Wildman–Crippen LogP) is 2.94. The lowest BCUT2D eigenvalue weighted by Gasteiger charge is -2.34. The van der Waals surface area contributed by atoms with Crippen LogP contribution in [0.5, 0.6) is 0 Å². The van der Waals surface area contributed by atoms with Gasteiger partial charge >= 0.3 is 0 Å². The largest absolute Gasteiger partial charge is 0.342 e. The number of hydrogen-bond donors (Lipinski definition) is 1. The molecule has 1 saturated carbocycles. The molecule has 1 aromatic carbocycles. The molecular weight excluding hydrogens is 303 g/mol. The summed E-state index contributed by atoms with van der Waals surface area (Å²) in [6, 6.07) is 6.77. The molecule has 1 saturated heterocycles. The molecule has 5 heteroatoms. The molecule has 3 nitrogen and oxygen atoms in total. The van der Waals surface area contributed by atoms with Crippen LogP contribution in [0.2, 0.25) is 0 Å². The molecule has 2 fully saturated rings. The van der Waals surface area contributed by atoms with Gasteiger partial charge in [-0.25, -0.2) is 4.39 Å². The van der Waals surface area contributed by atoms with Crippen molar-refractivity contribution in [3.8, 4) is 0 Å². The fraction of sp³-hybridized carbons (Fsp3) is 0.588. The summed E-state index contributed by atoms with van der Waals surface area (Å²) < 4.78 is 12.9. The molecule has 0 radical (unpaired) electrons. The van der Waals surface area contributed by atoms with Crippen LogP contribution in [0.4, 0.5) is 4.39 Å². The Hall–Kier alpha value is -1.13. The summed E-state index contributed by atoms with van der Waals surface area (Å²) in [4.78, 5) is 14.5. The molecule has 1 aliphatic heterocycles. The fourth-order valence-electron chi connectivity index (χ4n) is 3.43. The number of hydrogen-bond acceptors (Lipinski definition) is 2. The van der Waals surface area contributed by atoms with Crippen molar-refractivity contribution in [2.24, 2.45) is 17.6 Å². The number of amides is 1. The normalized spacial score (nSPS) is 26.2. The Labute approximate surface area is 137 Å². The third-order valence-electron chi connectivity index (χ3n) is 5.00. The van der Waals surface area contributed by atoms with E-state index in [0.717, 1.165) is 37.9 Å². The predicted molar refractivity (Wildman–Crippen MR) is 87.4 cm³/mol. The number of benzene rings is 1. The van der Waals surface area contributed by atoms with Crippen molar-refractivity contribution in [2.45, 2.75) is 38.1 Å². The minimum atomic E-state index is -0.222. The van der Waals surface area contributed by atoms with Crippen LogP contribution in [-0.4, -0.2) is 29.9 Å². The van der Waals surface area contributed by atoms with Crippen LogP contribution in [0.1, 0.15) is 37.7 Å². The minimum Gasteiger partial charge on any atom is -0.342 e. The zero-order valence-corrected chi connectivity index (χ0v) is 13.7. The molecule has 3 rings (SSSR count). The second-order valence-corrected chi connectivity index (χ2v) is 6.52. The van der Waals surface area contributed by atoms with Crippen molar-refractivity contribution in [1.82, 2.24) is 4.90 Å². The van der Waals surface area contributed by atoms with Crippen molar-refractivity contribution in [3.63, 3.8) is 0 Å². The first-order valence-electron chi connectivity index (χ1n) is 7.86. The van der Waals surface area contributed by atoms with E-state index in [1.807, 2.05) is 11.8 Å². The number of rotatable bonds is 3. The van der Waals surface area contributed by atoms with E-state index in [2.05, 4.69) is 0 Å². The van der Waals surface area contributed by atoms with Crippen molar-refractivity contribution in [2.75, 3.05) is 13.1 Å². The van der Waals surface area contributed by atoms with Crippen LogP contribution in [-0.2, 0) is 4.79 Å². The number of carbonyl (C=O) groups is 1. The molecule has 0 spiro atoms. The summed E-state index contributed by atoms with van der Waals surface area (Å²) in [6.45, 7) is 3.71. The first kappa shape index (κ1) is 17.2. The Morgan fingerprint density at radius 1 is 1.27 bits per heavy atom. The van der Waals surface area contributed by atoms with Crippen LogP contribution < -0.4 is 5.73 Å². The SMILES string of the molecule is CC(N)C1CCN(C(=O)C2CC2c2ccc(F)cc2)CC1.Cl. The van der Waals surface area contributed by atoms with Gasteiger partial charge < -0.3 is 10.6 Å². The highest BCUT2D eigenvalue weighted by Crippen LogP contribution is 2.48. The molecule has 22 heavy (non-hydrogen) atoms. The third kappa shape index (κ3) is 3.61. The Balaban J connectivity index is 0.00000176. The number of nitrogens with zero attached hydrogens (tertiary/aromatic N) is 1. The van der Waals surface area contributed by atoms with Crippen molar-refractivity contribution in [1.29, 1.82) is 0 Å². The van der Waals surface area contributed by atoms with E-state index >= 15 is 0 Å². The van der Waals surface area contributed by atoms with Gasteiger partial charge in [0.05, 0.1) is 0 Å². The Bertz CT molecular complexity index is 512. The van der Waals surface area contributed by atoms with Crippen LogP contribution in [0.15, 0.2) is 24.3 Å². The van der Waals surface area contributed by atoms with Crippen molar-refractivity contribution in [3.05, 3.63) is 35.6 Å². The molecule has 1 aliphatic carbocycles. The summed E-state index contributed by atoms with van der Waals surface area (Å²) in [5.41, 5.74) is 7.02. The molecule has 122 valence electrons. The average Bonchev–Trinajstić information content (AvgIpc) is 3.28. The van der Waals surface area contributed by atoms with Crippen LogP contribution >= 0.6 is 12.4 Å². The van der Waals surface area contributed by atoms with E-state index in [-0.39, 0.29) is 42.0 Å². The molecule has 1 aromatic rings. The molecule has 1 amide bonds. The summed E-state index contributed by atoms with van der Waals surface area (Å²) in [7, 11) is 0. The standard InChI is InChI=1S/C17H23FN2O.ClH/c1-11(19)12-6-8-20(9-7-12)17(21)16-10-15(16)13-2-4-14(18)5-3-13;/h2-5,11-12,15-16H,6-10,19H2,1H3;1H. The molecule has 0 aromatic heterocycles. The Morgan fingerprint density at radius 3 is 2.41 bits per heavy atom. The van der Waals surface area contributed by atoms with Crippen molar-refractivity contribution < 1.29 is 9.18 Å². The summed E-state index contributed by atoms with van der Waals surface area (Å²) in [5.74, 6) is 0.973. The molecule has 0 bridgehead atoms. The highest BCUT2D eigenvalue weighted by molar-refractivity contribution is 5.85. The van der Waals surface area contributed by atoms with Gasteiger partial charge in [0.1, 0.15) is 5.82 Å². The van der Waals surface area contributed by atoms with Gasteiger partial charge in [-0.05, 0) is 55.7 Å². The number of piperidine rings is 1. The topological polar surface area (TPSA) is 46.3 Å². The van der Waals surface area contributed by atoms with Gasteiger partial charge in [0.2, 0.25) is 5.91 Å². The fourth-order valence-corrected chi connectivity index (χ4v) is 3.43. The summed E-state index contributed by atoms with van der Waals surface area (Å²) in [6.07, 6.45) is 2.92. The lowest BCUT2D eigenvalue weighted by atomic mass is 9.91. The maximum atomic E-state index is 12.9. The Morgan fingerprint density at radius 2 is 1.86 bits per heavy atom. The van der Waals surface area contributed by atoms with Gasteiger partial charge in [0, 0.05) is 25.0 Å². The van der Waals surface area contributed by atoms with Crippen LogP contribution in [0, 0.1) is 17.7 Å². The van der Waals surface area contributed by atoms with E-state index in [0.29, 0.717) is 5.92 Å². The number of halogens is 2. The summed E-state index contributed by atoms with van der Waals surface area (Å²) in [5, 5.41) is 0. The van der Waals surface area contributed by atoms with Gasteiger partial charge in [-0.3, -0.25) is 4.79 Å². The first-order chi connectivity index (χ1) is 10.1. The highest BCUT2D eigenvalue weighted by atomic mass is 35.5. The second-order valence-electron chi connectivity index (χ2n) is 6.52. The van der Waals surface area contributed by atoms with Crippen LogP contribution in [0.25, 0.3) is 0 Å². The van der Waals surface area contributed by atoms with E-state index in [4.69, 9.17) is 5.73 Å². The van der Waals surface area contributed by atoms with Crippen molar-refractivity contribution >= 4 is 18.3 Å². The van der Waals surface area contributed by atoms with E-state index in [1.165, 1.54) is 12.1 Å².